The maximum Gasteiger partial charge on any atom is 0.265 e. The third kappa shape index (κ3) is 5.25. The molecular weight excluding hydrogens is 376 g/mol. The average molecular weight is 403 g/mol. The minimum atomic E-state index is -3.26. The van der Waals surface area contributed by atoms with Gasteiger partial charge in [0.25, 0.3) is 5.91 Å². The van der Waals surface area contributed by atoms with Crippen LogP contribution in [-0.2, 0) is 14.6 Å². The Kier molecular flexibility index (Phi) is 6.24. The predicted molar refractivity (Wildman–Crippen MR) is 111 cm³/mol. The first-order valence-electron chi connectivity index (χ1n) is 9.45. The lowest BCUT2D eigenvalue weighted by molar-refractivity contribution is -0.122. The molecule has 1 aliphatic rings. The fraction of sp³-hybridized carbons (Fsp3) is 0.381. The van der Waals surface area contributed by atoms with E-state index in [2.05, 4.69) is 10.2 Å². The molecule has 0 radical (unpaired) electrons. The van der Waals surface area contributed by atoms with Crippen LogP contribution in [0.5, 0.6) is 5.75 Å². The molecule has 0 saturated carbocycles. The van der Waals surface area contributed by atoms with Crippen LogP contribution in [-0.4, -0.2) is 39.8 Å². The highest BCUT2D eigenvalue weighted by Gasteiger charge is 2.16. The summed E-state index contributed by atoms with van der Waals surface area (Å²) in [6.07, 6.45) is 4.16. The lowest BCUT2D eigenvalue weighted by Gasteiger charge is -2.28. The Morgan fingerprint density at radius 3 is 2.18 bits per heavy atom. The summed E-state index contributed by atoms with van der Waals surface area (Å²) in [6, 6.07) is 13.9. The largest absolute Gasteiger partial charge is 0.481 e. The van der Waals surface area contributed by atoms with Crippen LogP contribution in [0.2, 0.25) is 0 Å². The Balaban J connectivity index is 1.56. The molecule has 7 heteroatoms. The van der Waals surface area contributed by atoms with Gasteiger partial charge in [-0.3, -0.25) is 4.79 Å². The number of amides is 1. The molecule has 0 aromatic heterocycles. The molecule has 1 aliphatic heterocycles. The monoisotopic (exact) mass is 402 g/mol. The van der Waals surface area contributed by atoms with Crippen molar-refractivity contribution in [2.75, 3.05) is 29.6 Å². The highest BCUT2D eigenvalue weighted by Crippen LogP contribution is 2.22. The van der Waals surface area contributed by atoms with Crippen LogP contribution in [0.3, 0.4) is 0 Å². The normalized spacial score (nSPS) is 15.7. The van der Waals surface area contributed by atoms with Crippen molar-refractivity contribution in [1.82, 2.24) is 0 Å². The SMILES string of the molecule is CC(Oc1ccc(S(C)(=O)=O)cc1)C(=O)Nc1ccc(N2CCCCC2)cc1. The molecule has 1 heterocycles. The fourth-order valence-corrected chi connectivity index (χ4v) is 3.81. The van der Waals surface area contributed by atoms with Gasteiger partial charge in [0.15, 0.2) is 15.9 Å². The van der Waals surface area contributed by atoms with Crippen LogP contribution in [0, 0.1) is 0 Å². The molecule has 1 fully saturated rings. The summed E-state index contributed by atoms with van der Waals surface area (Å²) in [6.45, 7) is 3.81. The van der Waals surface area contributed by atoms with E-state index in [1.165, 1.54) is 37.1 Å². The van der Waals surface area contributed by atoms with Gasteiger partial charge in [-0.1, -0.05) is 0 Å². The minimum Gasteiger partial charge on any atom is -0.481 e. The number of ether oxygens (including phenoxy) is 1. The maximum absolute atomic E-state index is 12.4. The fourth-order valence-electron chi connectivity index (χ4n) is 3.17. The Bertz CT molecular complexity index is 902. The van der Waals surface area contributed by atoms with Crippen molar-refractivity contribution in [2.45, 2.75) is 37.2 Å². The molecule has 1 amide bonds. The van der Waals surface area contributed by atoms with Crippen molar-refractivity contribution in [3.05, 3.63) is 48.5 Å². The molecule has 2 aromatic carbocycles. The average Bonchev–Trinajstić information content (AvgIpc) is 2.69. The van der Waals surface area contributed by atoms with Gasteiger partial charge >= 0.3 is 0 Å². The van der Waals surface area contributed by atoms with E-state index in [1.807, 2.05) is 24.3 Å². The number of nitrogens with one attached hydrogen (secondary N) is 1. The molecule has 28 heavy (non-hydrogen) atoms. The Morgan fingerprint density at radius 2 is 1.61 bits per heavy atom. The number of sulfone groups is 1. The number of carbonyl (C=O) groups is 1. The van der Waals surface area contributed by atoms with E-state index in [9.17, 15) is 13.2 Å². The maximum atomic E-state index is 12.4. The van der Waals surface area contributed by atoms with E-state index in [1.54, 1.807) is 19.1 Å². The van der Waals surface area contributed by atoms with Gasteiger partial charge in [0.1, 0.15) is 5.75 Å². The lowest BCUT2D eigenvalue weighted by atomic mass is 10.1. The van der Waals surface area contributed by atoms with Gasteiger partial charge < -0.3 is 15.0 Å². The lowest BCUT2D eigenvalue weighted by Crippen LogP contribution is -2.30. The molecule has 1 saturated heterocycles. The quantitative estimate of drug-likeness (QED) is 0.801. The van der Waals surface area contributed by atoms with E-state index in [4.69, 9.17) is 4.74 Å². The molecule has 3 rings (SSSR count). The number of rotatable bonds is 6. The number of hydrogen-bond donors (Lipinski definition) is 1. The number of hydrogen-bond acceptors (Lipinski definition) is 5. The molecule has 1 atom stereocenters. The van der Waals surface area contributed by atoms with Crippen LogP contribution in [0.4, 0.5) is 11.4 Å². The van der Waals surface area contributed by atoms with Crippen LogP contribution in [0.25, 0.3) is 0 Å². The highest BCUT2D eigenvalue weighted by atomic mass is 32.2. The topological polar surface area (TPSA) is 75.7 Å². The molecule has 1 N–H and O–H groups in total. The number of piperidine rings is 1. The molecule has 0 aliphatic carbocycles. The van der Waals surface area contributed by atoms with Crippen LogP contribution in [0.1, 0.15) is 26.2 Å². The summed E-state index contributed by atoms with van der Waals surface area (Å²) in [5, 5.41) is 2.85. The zero-order chi connectivity index (χ0) is 20.1. The van der Waals surface area contributed by atoms with Gasteiger partial charge in [-0.15, -0.1) is 0 Å². The van der Waals surface area contributed by atoms with E-state index in [-0.39, 0.29) is 10.8 Å². The molecule has 6 nitrogen and oxygen atoms in total. The molecule has 2 aromatic rings. The van der Waals surface area contributed by atoms with Gasteiger partial charge in [-0.25, -0.2) is 8.42 Å². The summed E-state index contributed by atoms with van der Waals surface area (Å²) in [4.78, 5) is 15.0. The summed E-state index contributed by atoms with van der Waals surface area (Å²) >= 11 is 0. The first kappa shape index (κ1) is 20.2. The summed E-state index contributed by atoms with van der Waals surface area (Å²) in [5.41, 5.74) is 1.89. The second kappa shape index (κ2) is 8.65. The number of nitrogens with zero attached hydrogens (tertiary/aromatic N) is 1. The van der Waals surface area contributed by atoms with Crippen molar-refractivity contribution in [3.63, 3.8) is 0 Å². The van der Waals surface area contributed by atoms with Crippen molar-refractivity contribution in [2.24, 2.45) is 0 Å². The first-order valence-corrected chi connectivity index (χ1v) is 11.3. The highest BCUT2D eigenvalue weighted by molar-refractivity contribution is 7.90. The smallest absolute Gasteiger partial charge is 0.265 e. The molecule has 1 unspecified atom stereocenters. The molecule has 150 valence electrons. The van der Waals surface area contributed by atoms with Gasteiger partial charge in [-0.05, 0) is 74.7 Å². The standard InChI is InChI=1S/C21H26N2O4S/c1-16(27-19-10-12-20(13-11-19)28(2,25)26)21(24)22-17-6-8-18(9-7-17)23-14-4-3-5-15-23/h6-13,16H,3-5,14-15H2,1-2H3,(H,22,24). The summed E-state index contributed by atoms with van der Waals surface area (Å²) in [5.74, 6) is 0.174. The van der Waals surface area contributed by atoms with Gasteiger partial charge in [0.05, 0.1) is 4.90 Å². The van der Waals surface area contributed by atoms with Crippen LogP contribution >= 0.6 is 0 Å². The van der Waals surface area contributed by atoms with Gasteiger partial charge in [-0.2, -0.15) is 0 Å². The van der Waals surface area contributed by atoms with E-state index in [0.717, 1.165) is 19.3 Å². The van der Waals surface area contributed by atoms with Crippen molar-refractivity contribution >= 4 is 27.1 Å². The van der Waals surface area contributed by atoms with Crippen LogP contribution in [0.15, 0.2) is 53.4 Å². The summed E-state index contributed by atoms with van der Waals surface area (Å²) in [7, 11) is -3.26. The van der Waals surface area contributed by atoms with Crippen LogP contribution < -0.4 is 15.0 Å². The van der Waals surface area contributed by atoms with E-state index >= 15 is 0 Å². The first-order chi connectivity index (χ1) is 13.3. The molecular formula is C21H26N2O4S. The third-order valence-electron chi connectivity index (χ3n) is 4.79. The second-order valence-corrected chi connectivity index (χ2v) is 9.10. The zero-order valence-electron chi connectivity index (χ0n) is 16.2. The predicted octanol–water partition coefficient (Wildman–Crippen LogP) is 3.49. The van der Waals surface area contributed by atoms with Gasteiger partial charge in [0.2, 0.25) is 0 Å². The van der Waals surface area contributed by atoms with E-state index in [0.29, 0.717) is 11.4 Å². The second-order valence-electron chi connectivity index (χ2n) is 7.09. The summed E-state index contributed by atoms with van der Waals surface area (Å²) < 4.78 is 28.6. The third-order valence-corrected chi connectivity index (χ3v) is 5.92. The molecule has 0 spiro atoms. The van der Waals surface area contributed by atoms with E-state index < -0.39 is 15.9 Å². The molecule has 0 bridgehead atoms. The minimum absolute atomic E-state index is 0.214. The zero-order valence-corrected chi connectivity index (χ0v) is 17.0. The Morgan fingerprint density at radius 1 is 1.00 bits per heavy atom. The van der Waals surface area contributed by atoms with Crippen molar-refractivity contribution < 1.29 is 17.9 Å². The van der Waals surface area contributed by atoms with Gasteiger partial charge in [0, 0.05) is 30.7 Å². The number of carbonyl (C=O) groups excluding carboxylic acids is 1. The Hall–Kier alpha value is -2.54. The van der Waals surface area contributed by atoms with Crippen molar-refractivity contribution in [1.29, 1.82) is 0 Å². The number of benzene rings is 2. The Labute approximate surface area is 166 Å². The number of anilines is 2. The van der Waals surface area contributed by atoms with Crippen molar-refractivity contribution in [3.8, 4) is 5.75 Å².